The predicted octanol–water partition coefficient (Wildman–Crippen LogP) is 0.796. The van der Waals surface area contributed by atoms with Crippen LogP contribution in [0.25, 0.3) is 0 Å². The van der Waals surface area contributed by atoms with Gasteiger partial charge in [0.05, 0.1) is 0 Å². The lowest BCUT2D eigenvalue weighted by Gasteiger charge is -2.18. The Balaban J connectivity index is 4.57. The van der Waals surface area contributed by atoms with Crippen molar-refractivity contribution in [3.8, 4) is 0 Å². The number of hydrogen-bond acceptors (Lipinski definition) is 2. The SMILES string of the molecule is C=CC(C(O)C(=O)O)C(F)(F)F. The molecule has 0 spiro atoms. The fraction of sp³-hybridized carbons (Fsp3) is 0.500. The van der Waals surface area contributed by atoms with Crippen molar-refractivity contribution in [2.24, 2.45) is 5.92 Å². The lowest BCUT2D eigenvalue weighted by Crippen LogP contribution is -2.37. The molecule has 3 nitrogen and oxygen atoms in total. The van der Waals surface area contributed by atoms with Crippen molar-refractivity contribution in [2.75, 3.05) is 0 Å². The average Bonchev–Trinajstić information content (AvgIpc) is 1.85. The smallest absolute Gasteiger partial charge is 0.398 e. The highest BCUT2D eigenvalue weighted by Gasteiger charge is 2.44. The maximum Gasteiger partial charge on any atom is 0.398 e. The van der Waals surface area contributed by atoms with Gasteiger partial charge in [0.15, 0.2) is 6.10 Å². The fourth-order valence-corrected chi connectivity index (χ4v) is 0.595. The minimum atomic E-state index is -4.78. The molecule has 0 aliphatic carbocycles. The highest BCUT2D eigenvalue weighted by atomic mass is 19.4. The van der Waals surface area contributed by atoms with E-state index >= 15 is 0 Å². The second-order valence-corrected chi connectivity index (χ2v) is 2.09. The zero-order valence-corrected chi connectivity index (χ0v) is 5.88. The molecule has 0 saturated carbocycles. The van der Waals surface area contributed by atoms with Crippen molar-refractivity contribution in [1.29, 1.82) is 0 Å². The van der Waals surface area contributed by atoms with Gasteiger partial charge in [0.2, 0.25) is 0 Å². The number of aliphatic carboxylic acids is 1. The van der Waals surface area contributed by atoms with Gasteiger partial charge < -0.3 is 10.2 Å². The molecule has 0 aliphatic heterocycles. The summed E-state index contributed by atoms with van der Waals surface area (Å²) in [4.78, 5) is 9.95. The van der Waals surface area contributed by atoms with E-state index in [1.165, 1.54) is 0 Å². The van der Waals surface area contributed by atoms with Crippen LogP contribution in [0.2, 0.25) is 0 Å². The van der Waals surface area contributed by atoms with E-state index in [4.69, 9.17) is 10.2 Å². The number of carboxylic acid groups (broad SMARTS) is 1. The summed E-state index contributed by atoms with van der Waals surface area (Å²) >= 11 is 0. The molecule has 2 unspecified atom stereocenters. The standard InChI is InChI=1S/C6H7F3O3/c1-2-3(6(7,8)9)4(10)5(11)12/h2-4,10H,1H2,(H,11,12). The van der Waals surface area contributed by atoms with Gasteiger partial charge in [-0.05, 0) is 0 Å². The zero-order valence-electron chi connectivity index (χ0n) is 5.88. The van der Waals surface area contributed by atoms with E-state index in [9.17, 15) is 18.0 Å². The maximum atomic E-state index is 11.8. The molecule has 0 saturated heterocycles. The van der Waals surface area contributed by atoms with E-state index in [-0.39, 0.29) is 0 Å². The molecule has 0 amide bonds. The second kappa shape index (κ2) is 3.57. The van der Waals surface area contributed by atoms with Crippen molar-refractivity contribution in [1.82, 2.24) is 0 Å². The van der Waals surface area contributed by atoms with Crippen LogP contribution in [0.3, 0.4) is 0 Å². The first-order valence-corrected chi connectivity index (χ1v) is 2.91. The molecule has 70 valence electrons. The first-order chi connectivity index (χ1) is 5.30. The Kier molecular flexibility index (Phi) is 3.26. The van der Waals surface area contributed by atoms with Crippen molar-refractivity contribution in [2.45, 2.75) is 12.3 Å². The topological polar surface area (TPSA) is 57.5 Å². The normalized spacial score (nSPS) is 16.7. The molecule has 0 rings (SSSR count). The molecule has 0 aromatic rings. The Morgan fingerprint density at radius 3 is 2.00 bits per heavy atom. The van der Waals surface area contributed by atoms with Gasteiger partial charge in [-0.3, -0.25) is 0 Å². The van der Waals surface area contributed by atoms with Crippen LogP contribution in [0.15, 0.2) is 12.7 Å². The van der Waals surface area contributed by atoms with Crippen LogP contribution in [-0.2, 0) is 4.79 Å². The Hall–Kier alpha value is -1.04. The van der Waals surface area contributed by atoms with Crippen molar-refractivity contribution in [3.05, 3.63) is 12.7 Å². The molecule has 6 heteroatoms. The molecule has 2 atom stereocenters. The van der Waals surface area contributed by atoms with Gasteiger partial charge in [0, 0.05) is 0 Å². The highest BCUT2D eigenvalue weighted by Crippen LogP contribution is 2.29. The van der Waals surface area contributed by atoms with Crippen LogP contribution in [0, 0.1) is 5.92 Å². The summed E-state index contributed by atoms with van der Waals surface area (Å²) in [7, 11) is 0. The molecule has 0 bridgehead atoms. The third-order valence-electron chi connectivity index (χ3n) is 1.23. The Labute approximate surface area is 66.1 Å². The minimum absolute atomic E-state index is 0.360. The molecule has 0 radical (unpaired) electrons. The third-order valence-corrected chi connectivity index (χ3v) is 1.23. The van der Waals surface area contributed by atoms with Gasteiger partial charge in [-0.1, -0.05) is 6.08 Å². The second-order valence-electron chi connectivity index (χ2n) is 2.09. The molecule has 0 fully saturated rings. The number of rotatable bonds is 3. The van der Waals surface area contributed by atoms with Gasteiger partial charge in [-0.15, -0.1) is 6.58 Å². The van der Waals surface area contributed by atoms with Crippen molar-refractivity contribution < 1.29 is 28.2 Å². The summed E-state index contributed by atoms with van der Waals surface area (Å²) in [5.41, 5.74) is 0. The van der Waals surface area contributed by atoms with Crippen LogP contribution in [0.5, 0.6) is 0 Å². The molecule has 12 heavy (non-hydrogen) atoms. The van der Waals surface area contributed by atoms with Crippen LogP contribution in [-0.4, -0.2) is 28.5 Å². The van der Waals surface area contributed by atoms with E-state index in [0.717, 1.165) is 0 Å². The largest absolute Gasteiger partial charge is 0.479 e. The number of aliphatic hydroxyl groups excluding tert-OH is 1. The first-order valence-electron chi connectivity index (χ1n) is 2.91. The number of alkyl halides is 3. The Bertz CT molecular complexity index is 187. The van der Waals surface area contributed by atoms with Crippen molar-refractivity contribution >= 4 is 5.97 Å². The summed E-state index contributed by atoms with van der Waals surface area (Å²) in [6.07, 6.45) is -6.90. The monoisotopic (exact) mass is 184 g/mol. The van der Waals surface area contributed by atoms with Crippen molar-refractivity contribution in [3.63, 3.8) is 0 Å². The summed E-state index contributed by atoms with van der Waals surface area (Å²) in [6.45, 7) is 2.79. The molecule has 0 aromatic carbocycles. The van der Waals surface area contributed by atoms with E-state index in [1.807, 2.05) is 0 Å². The van der Waals surface area contributed by atoms with Crippen LogP contribution < -0.4 is 0 Å². The van der Waals surface area contributed by atoms with Crippen LogP contribution >= 0.6 is 0 Å². The van der Waals surface area contributed by atoms with Gasteiger partial charge in [0.25, 0.3) is 0 Å². The Morgan fingerprint density at radius 1 is 1.50 bits per heavy atom. The molecular weight excluding hydrogens is 177 g/mol. The van der Waals surface area contributed by atoms with Crippen LogP contribution in [0.4, 0.5) is 13.2 Å². The quantitative estimate of drug-likeness (QED) is 0.637. The lowest BCUT2D eigenvalue weighted by atomic mass is 10.0. The van der Waals surface area contributed by atoms with E-state index < -0.39 is 24.2 Å². The number of hydrogen-bond donors (Lipinski definition) is 2. The molecular formula is C6H7F3O3. The summed E-state index contributed by atoms with van der Waals surface area (Å²) in [6, 6.07) is 0. The average molecular weight is 184 g/mol. The minimum Gasteiger partial charge on any atom is -0.479 e. The first kappa shape index (κ1) is 11.0. The van der Waals surface area contributed by atoms with Gasteiger partial charge in [0.1, 0.15) is 5.92 Å². The van der Waals surface area contributed by atoms with Gasteiger partial charge in [-0.2, -0.15) is 13.2 Å². The molecule has 2 N–H and O–H groups in total. The lowest BCUT2D eigenvalue weighted by molar-refractivity contribution is -0.194. The van der Waals surface area contributed by atoms with Crippen LogP contribution in [0.1, 0.15) is 0 Å². The summed E-state index contributed by atoms with van der Waals surface area (Å²) in [5, 5.41) is 16.6. The maximum absolute atomic E-state index is 11.8. The molecule has 0 aromatic heterocycles. The van der Waals surface area contributed by atoms with Gasteiger partial charge >= 0.3 is 12.1 Å². The number of carbonyl (C=O) groups is 1. The third kappa shape index (κ3) is 2.54. The predicted molar refractivity (Wildman–Crippen MR) is 33.4 cm³/mol. The zero-order chi connectivity index (χ0) is 9.94. The highest BCUT2D eigenvalue weighted by molar-refractivity contribution is 5.72. The van der Waals surface area contributed by atoms with E-state index in [0.29, 0.717) is 6.08 Å². The van der Waals surface area contributed by atoms with E-state index in [1.54, 1.807) is 0 Å². The Morgan fingerprint density at radius 2 is 1.92 bits per heavy atom. The summed E-state index contributed by atoms with van der Waals surface area (Å²) in [5.74, 6) is -4.34. The van der Waals surface area contributed by atoms with Gasteiger partial charge in [-0.25, -0.2) is 4.79 Å². The molecule has 0 aliphatic rings. The fourth-order valence-electron chi connectivity index (χ4n) is 0.595. The number of aliphatic hydroxyl groups is 1. The van der Waals surface area contributed by atoms with E-state index in [2.05, 4.69) is 6.58 Å². The molecule has 0 heterocycles. The summed E-state index contributed by atoms with van der Waals surface area (Å²) < 4.78 is 35.5. The number of carboxylic acids is 1. The number of halogens is 3.